The van der Waals surface area contributed by atoms with Gasteiger partial charge in [-0.25, -0.2) is 13.4 Å². The Labute approximate surface area is 100 Å². The third kappa shape index (κ3) is 4.28. The molecule has 1 aromatic heterocycles. The SMILES string of the molecule is CC(CS(C)(=O)=O)Nc1ncc(C#N)cc1N. The smallest absolute Gasteiger partial charge is 0.149 e. The van der Waals surface area contributed by atoms with E-state index in [2.05, 4.69) is 10.3 Å². The number of nitrogens with zero attached hydrogens (tertiary/aromatic N) is 2. The molecule has 0 aromatic carbocycles. The molecular formula is C10H14N4O2S. The lowest BCUT2D eigenvalue weighted by atomic mass is 10.2. The molecule has 17 heavy (non-hydrogen) atoms. The number of sulfone groups is 1. The van der Waals surface area contributed by atoms with Gasteiger partial charge in [0.15, 0.2) is 0 Å². The van der Waals surface area contributed by atoms with E-state index in [-0.39, 0.29) is 11.8 Å². The van der Waals surface area contributed by atoms with Gasteiger partial charge >= 0.3 is 0 Å². The van der Waals surface area contributed by atoms with Crippen LogP contribution in [0, 0.1) is 11.3 Å². The first-order valence-corrected chi connectivity index (χ1v) is 6.98. The van der Waals surface area contributed by atoms with Crippen molar-refractivity contribution >= 4 is 21.3 Å². The summed E-state index contributed by atoms with van der Waals surface area (Å²) in [5.74, 6) is 0.383. The van der Waals surface area contributed by atoms with E-state index in [9.17, 15) is 8.42 Å². The predicted molar refractivity (Wildman–Crippen MR) is 66.2 cm³/mol. The molecule has 0 saturated heterocycles. The lowest BCUT2D eigenvalue weighted by Gasteiger charge is -2.14. The molecule has 0 saturated carbocycles. The van der Waals surface area contributed by atoms with Crippen LogP contribution >= 0.6 is 0 Å². The van der Waals surface area contributed by atoms with Crippen molar-refractivity contribution in [3.8, 4) is 6.07 Å². The Kier molecular flexibility index (Phi) is 3.91. The summed E-state index contributed by atoms with van der Waals surface area (Å²) in [6, 6.07) is 3.11. The lowest BCUT2D eigenvalue weighted by molar-refractivity contribution is 0.598. The van der Waals surface area contributed by atoms with Gasteiger partial charge in [0.1, 0.15) is 21.7 Å². The van der Waals surface area contributed by atoms with Crippen molar-refractivity contribution in [2.45, 2.75) is 13.0 Å². The number of nitrogen functional groups attached to an aromatic ring is 1. The Bertz CT molecular complexity index is 548. The fourth-order valence-electron chi connectivity index (χ4n) is 1.39. The normalized spacial score (nSPS) is 12.8. The first-order chi connectivity index (χ1) is 7.81. The average molecular weight is 254 g/mol. The van der Waals surface area contributed by atoms with Gasteiger partial charge in [-0.1, -0.05) is 0 Å². The van der Waals surface area contributed by atoms with Crippen LogP contribution in [0.15, 0.2) is 12.3 Å². The van der Waals surface area contributed by atoms with Crippen molar-refractivity contribution in [2.24, 2.45) is 0 Å². The van der Waals surface area contributed by atoms with E-state index in [4.69, 9.17) is 11.0 Å². The topological polar surface area (TPSA) is 109 Å². The van der Waals surface area contributed by atoms with Gasteiger partial charge < -0.3 is 11.1 Å². The van der Waals surface area contributed by atoms with Crippen molar-refractivity contribution in [3.05, 3.63) is 17.8 Å². The minimum absolute atomic E-state index is 0.00583. The maximum absolute atomic E-state index is 11.1. The Morgan fingerprint density at radius 3 is 2.76 bits per heavy atom. The van der Waals surface area contributed by atoms with E-state index >= 15 is 0 Å². The zero-order valence-corrected chi connectivity index (χ0v) is 10.5. The highest BCUT2D eigenvalue weighted by molar-refractivity contribution is 7.90. The summed E-state index contributed by atoms with van der Waals surface area (Å²) in [6.45, 7) is 1.72. The van der Waals surface area contributed by atoms with Crippen LogP contribution in [-0.2, 0) is 9.84 Å². The number of pyridine rings is 1. The number of aromatic nitrogens is 1. The first kappa shape index (κ1) is 13.3. The van der Waals surface area contributed by atoms with E-state index in [0.717, 1.165) is 0 Å². The van der Waals surface area contributed by atoms with Gasteiger partial charge in [0.05, 0.1) is 17.0 Å². The zero-order valence-electron chi connectivity index (χ0n) is 9.64. The van der Waals surface area contributed by atoms with Gasteiger partial charge in [-0.3, -0.25) is 0 Å². The van der Waals surface area contributed by atoms with Crippen LogP contribution < -0.4 is 11.1 Å². The molecule has 6 nitrogen and oxygen atoms in total. The standard InChI is InChI=1S/C10H14N4O2S/c1-7(6-17(2,15)16)14-10-9(12)3-8(4-11)5-13-10/h3,5,7H,6,12H2,1-2H3,(H,13,14). The molecule has 1 unspecified atom stereocenters. The largest absolute Gasteiger partial charge is 0.396 e. The summed E-state index contributed by atoms with van der Waals surface area (Å²) in [5, 5.41) is 11.5. The molecule has 0 aliphatic carbocycles. The van der Waals surface area contributed by atoms with Gasteiger partial charge in [0.25, 0.3) is 0 Å². The highest BCUT2D eigenvalue weighted by Crippen LogP contribution is 2.17. The molecular weight excluding hydrogens is 240 g/mol. The van der Waals surface area contributed by atoms with Crippen LogP contribution in [-0.4, -0.2) is 31.5 Å². The van der Waals surface area contributed by atoms with E-state index < -0.39 is 9.84 Å². The Morgan fingerprint density at radius 1 is 1.65 bits per heavy atom. The monoisotopic (exact) mass is 254 g/mol. The minimum Gasteiger partial charge on any atom is -0.396 e. The molecule has 1 heterocycles. The average Bonchev–Trinajstić information content (AvgIpc) is 2.18. The highest BCUT2D eigenvalue weighted by Gasteiger charge is 2.12. The van der Waals surface area contributed by atoms with Crippen LogP contribution in [0.25, 0.3) is 0 Å². The van der Waals surface area contributed by atoms with Crippen molar-refractivity contribution in [1.82, 2.24) is 4.98 Å². The fourth-order valence-corrected chi connectivity index (χ4v) is 2.38. The number of nitriles is 1. The summed E-state index contributed by atoms with van der Waals surface area (Å²) < 4.78 is 22.2. The van der Waals surface area contributed by atoms with Gasteiger partial charge in [0.2, 0.25) is 0 Å². The summed E-state index contributed by atoms with van der Waals surface area (Å²) in [7, 11) is -3.05. The van der Waals surface area contributed by atoms with E-state index in [0.29, 0.717) is 17.1 Å². The first-order valence-electron chi connectivity index (χ1n) is 4.91. The summed E-state index contributed by atoms with van der Waals surface area (Å²) in [5.41, 5.74) is 6.37. The Morgan fingerprint density at radius 2 is 2.29 bits per heavy atom. The molecule has 0 spiro atoms. The van der Waals surface area contributed by atoms with Crippen LogP contribution in [0.3, 0.4) is 0 Å². The molecule has 0 amide bonds. The van der Waals surface area contributed by atoms with Crippen molar-refractivity contribution in [3.63, 3.8) is 0 Å². The number of hydrogen-bond acceptors (Lipinski definition) is 6. The quantitative estimate of drug-likeness (QED) is 0.804. The fraction of sp³-hybridized carbons (Fsp3) is 0.400. The van der Waals surface area contributed by atoms with E-state index in [1.807, 2.05) is 6.07 Å². The number of hydrogen-bond donors (Lipinski definition) is 2. The van der Waals surface area contributed by atoms with Gasteiger partial charge in [-0.15, -0.1) is 0 Å². The molecule has 0 aliphatic rings. The molecule has 1 rings (SSSR count). The lowest BCUT2D eigenvalue weighted by Crippen LogP contribution is -2.26. The minimum atomic E-state index is -3.05. The molecule has 0 radical (unpaired) electrons. The van der Waals surface area contributed by atoms with Gasteiger partial charge in [0, 0.05) is 18.5 Å². The molecule has 0 aliphatic heterocycles. The molecule has 0 fully saturated rings. The van der Waals surface area contributed by atoms with Crippen molar-refractivity contribution in [2.75, 3.05) is 23.1 Å². The molecule has 7 heteroatoms. The molecule has 3 N–H and O–H groups in total. The summed E-state index contributed by atoms with van der Waals surface area (Å²) >= 11 is 0. The van der Waals surface area contributed by atoms with Gasteiger partial charge in [-0.05, 0) is 13.0 Å². The predicted octanol–water partition coefficient (Wildman–Crippen LogP) is 0.380. The second-order valence-corrected chi connectivity index (χ2v) is 6.10. The number of rotatable bonds is 4. The molecule has 1 atom stereocenters. The van der Waals surface area contributed by atoms with Crippen LogP contribution in [0.1, 0.15) is 12.5 Å². The van der Waals surface area contributed by atoms with E-state index in [1.165, 1.54) is 18.5 Å². The molecule has 92 valence electrons. The maximum atomic E-state index is 11.1. The van der Waals surface area contributed by atoms with E-state index in [1.54, 1.807) is 6.92 Å². The third-order valence-electron chi connectivity index (χ3n) is 1.98. The summed E-state index contributed by atoms with van der Waals surface area (Å²) in [4.78, 5) is 3.97. The Balaban J connectivity index is 2.79. The zero-order chi connectivity index (χ0) is 13.1. The van der Waals surface area contributed by atoms with Gasteiger partial charge in [-0.2, -0.15) is 5.26 Å². The second kappa shape index (κ2) is 5.01. The number of nitrogens with one attached hydrogen (secondary N) is 1. The number of anilines is 2. The van der Waals surface area contributed by atoms with Crippen LogP contribution in [0.5, 0.6) is 0 Å². The summed E-state index contributed by atoms with van der Waals surface area (Å²) in [6.07, 6.45) is 2.55. The van der Waals surface area contributed by atoms with Crippen LogP contribution in [0.4, 0.5) is 11.5 Å². The van der Waals surface area contributed by atoms with Crippen molar-refractivity contribution in [1.29, 1.82) is 5.26 Å². The molecule has 1 aromatic rings. The Hall–Kier alpha value is -1.81. The number of nitrogens with two attached hydrogens (primary N) is 1. The van der Waals surface area contributed by atoms with Crippen LogP contribution in [0.2, 0.25) is 0 Å². The maximum Gasteiger partial charge on any atom is 0.149 e. The molecule has 0 bridgehead atoms. The third-order valence-corrected chi connectivity index (χ3v) is 3.09. The van der Waals surface area contributed by atoms with Crippen molar-refractivity contribution < 1.29 is 8.42 Å². The highest BCUT2D eigenvalue weighted by atomic mass is 32.2. The second-order valence-electron chi connectivity index (χ2n) is 3.91.